The van der Waals surface area contributed by atoms with Crippen LogP contribution in [0.15, 0.2) is 24.5 Å². The molecule has 2 fully saturated rings. The Morgan fingerprint density at radius 3 is 2.62 bits per heavy atom. The first-order valence-corrected chi connectivity index (χ1v) is 12.3. The third-order valence-electron chi connectivity index (χ3n) is 7.73. The maximum absolute atomic E-state index is 11.8. The number of aryl methyl sites for hydroxylation is 2. The number of carbonyl (C=O) groups is 1. The van der Waals surface area contributed by atoms with E-state index in [1.54, 1.807) is 0 Å². The van der Waals surface area contributed by atoms with Gasteiger partial charge in [0.1, 0.15) is 11.5 Å². The van der Waals surface area contributed by atoms with E-state index in [0.29, 0.717) is 18.6 Å². The molecule has 1 saturated carbocycles. The quantitative estimate of drug-likeness (QED) is 0.506. The molecule has 2 aromatic heterocycles. The van der Waals surface area contributed by atoms with E-state index >= 15 is 0 Å². The van der Waals surface area contributed by atoms with Crippen LogP contribution in [0.3, 0.4) is 0 Å². The lowest BCUT2D eigenvalue weighted by Crippen LogP contribution is -2.31. The molecule has 3 aromatic rings. The van der Waals surface area contributed by atoms with E-state index in [2.05, 4.69) is 59.9 Å². The number of benzene rings is 1. The Hall–Kier alpha value is -2.67. The Labute approximate surface area is 201 Å². The minimum atomic E-state index is -0.294. The highest BCUT2D eigenvalue weighted by molar-refractivity contribution is 5.92. The lowest BCUT2D eigenvalue weighted by Gasteiger charge is -2.27. The Morgan fingerprint density at radius 1 is 1.21 bits per heavy atom. The summed E-state index contributed by atoms with van der Waals surface area (Å²) in [5.74, 6) is 1.42. The number of aromatic nitrogens is 4. The summed E-state index contributed by atoms with van der Waals surface area (Å²) in [6.45, 7) is 12.7. The second kappa shape index (κ2) is 7.94. The molecule has 3 atom stereocenters. The number of ketones is 1. The van der Waals surface area contributed by atoms with Crippen LogP contribution >= 0.6 is 0 Å². The van der Waals surface area contributed by atoms with Crippen molar-refractivity contribution in [3.05, 3.63) is 30.2 Å². The molecule has 1 saturated heterocycles. The average molecular weight is 465 g/mol. The van der Waals surface area contributed by atoms with Crippen molar-refractivity contribution in [2.45, 2.75) is 90.6 Å². The van der Waals surface area contributed by atoms with Crippen molar-refractivity contribution < 1.29 is 14.3 Å². The van der Waals surface area contributed by atoms with E-state index in [1.165, 1.54) is 0 Å². The van der Waals surface area contributed by atoms with Gasteiger partial charge in [-0.05, 0) is 65.7 Å². The molecule has 0 bridgehead atoms. The summed E-state index contributed by atoms with van der Waals surface area (Å²) in [7, 11) is 1.96. The minimum Gasteiger partial charge on any atom is -0.490 e. The topological polar surface area (TPSA) is 71.2 Å². The summed E-state index contributed by atoms with van der Waals surface area (Å²) < 4.78 is 16.8. The number of carbonyl (C=O) groups excluding carboxylic acids is 1. The molecule has 3 heterocycles. The standard InChI is InChI=1S/C27H36N4O3/c1-16-25-22(29-30(16)7)11-19(12-23(25)33-17(2)18-8-9-21(32)10-18)20-14-28-31(15-20)24-13-26(3,4)34-27(24,5)6/h11-12,14-15,17-18,24H,8-10,13H2,1-7H3/t17-,18+,24?/m1/s1. The minimum absolute atomic E-state index is 0.0362. The number of ether oxygens (including phenoxy) is 2. The molecule has 1 unspecified atom stereocenters. The van der Waals surface area contributed by atoms with Gasteiger partial charge in [0.05, 0.1) is 40.4 Å². The van der Waals surface area contributed by atoms with Crippen LogP contribution in [0.1, 0.15) is 72.0 Å². The zero-order valence-electron chi connectivity index (χ0n) is 21.4. The van der Waals surface area contributed by atoms with Crippen molar-refractivity contribution in [1.29, 1.82) is 0 Å². The summed E-state index contributed by atoms with van der Waals surface area (Å²) in [4.78, 5) is 11.8. The van der Waals surface area contributed by atoms with Crippen LogP contribution in [-0.4, -0.2) is 42.7 Å². The highest BCUT2D eigenvalue weighted by Gasteiger charge is 2.47. The molecule has 0 N–H and O–H groups in total. The molecule has 0 radical (unpaired) electrons. The van der Waals surface area contributed by atoms with Crippen LogP contribution in [0.25, 0.3) is 22.0 Å². The van der Waals surface area contributed by atoms with Crippen LogP contribution in [-0.2, 0) is 16.6 Å². The van der Waals surface area contributed by atoms with Crippen LogP contribution < -0.4 is 4.74 Å². The van der Waals surface area contributed by atoms with E-state index in [0.717, 1.165) is 46.3 Å². The first-order valence-electron chi connectivity index (χ1n) is 12.3. The Bertz CT molecular complexity index is 1250. The van der Waals surface area contributed by atoms with Crippen LogP contribution in [0.5, 0.6) is 5.75 Å². The number of fused-ring (bicyclic) bond motifs is 1. The van der Waals surface area contributed by atoms with Gasteiger partial charge in [0.25, 0.3) is 0 Å². The number of Topliss-reactive ketones (excluding diaryl/α,β-unsaturated/α-hetero) is 1. The van der Waals surface area contributed by atoms with Crippen molar-refractivity contribution >= 4 is 16.7 Å². The summed E-state index contributed by atoms with van der Waals surface area (Å²) in [6, 6.07) is 4.37. The lowest BCUT2D eigenvalue weighted by atomic mass is 9.94. The van der Waals surface area contributed by atoms with Gasteiger partial charge < -0.3 is 9.47 Å². The molecule has 7 heteroatoms. The zero-order chi connectivity index (χ0) is 24.4. The first kappa shape index (κ1) is 23.1. The molecule has 0 amide bonds. The predicted molar refractivity (Wildman–Crippen MR) is 132 cm³/mol. The summed E-state index contributed by atoms with van der Waals surface area (Å²) in [6.07, 6.45) is 7.07. The van der Waals surface area contributed by atoms with Gasteiger partial charge in [0.15, 0.2) is 0 Å². The highest BCUT2D eigenvalue weighted by Crippen LogP contribution is 2.45. The molecule has 2 aliphatic rings. The number of nitrogens with zero attached hydrogens (tertiary/aromatic N) is 4. The smallest absolute Gasteiger partial charge is 0.133 e. The van der Waals surface area contributed by atoms with Gasteiger partial charge in [-0.25, -0.2) is 0 Å². The maximum atomic E-state index is 11.8. The zero-order valence-corrected chi connectivity index (χ0v) is 21.4. The summed E-state index contributed by atoms with van der Waals surface area (Å²) in [5.41, 5.74) is 3.55. The van der Waals surface area contributed by atoms with Crippen molar-refractivity contribution in [2.75, 3.05) is 0 Å². The fourth-order valence-corrected chi connectivity index (χ4v) is 5.84. The molecule has 1 aromatic carbocycles. The molecular formula is C27H36N4O3. The molecule has 1 aliphatic heterocycles. The molecule has 5 rings (SSSR count). The first-order chi connectivity index (χ1) is 15.9. The van der Waals surface area contributed by atoms with Crippen LogP contribution in [0.4, 0.5) is 0 Å². The Morgan fingerprint density at radius 2 is 1.97 bits per heavy atom. The Kier molecular flexibility index (Phi) is 5.39. The maximum Gasteiger partial charge on any atom is 0.133 e. The normalized spacial score (nSPS) is 24.7. The van der Waals surface area contributed by atoms with Gasteiger partial charge in [0, 0.05) is 49.7 Å². The fraction of sp³-hybridized carbons (Fsp3) is 0.593. The van der Waals surface area contributed by atoms with E-state index in [-0.39, 0.29) is 29.3 Å². The van der Waals surface area contributed by atoms with Crippen molar-refractivity contribution in [3.63, 3.8) is 0 Å². The lowest BCUT2D eigenvalue weighted by molar-refractivity contribution is -0.117. The third-order valence-corrected chi connectivity index (χ3v) is 7.73. The van der Waals surface area contributed by atoms with Gasteiger partial charge in [-0.2, -0.15) is 10.2 Å². The van der Waals surface area contributed by atoms with Crippen LogP contribution in [0.2, 0.25) is 0 Å². The van der Waals surface area contributed by atoms with E-state index in [4.69, 9.17) is 19.7 Å². The van der Waals surface area contributed by atoms with Crippen molar-refractivity contribution in [2.24, 2.45) is 13.0 Å². The van der Waals surface area contributed by atoms with Gasteiger partial charge in [0.2, 0.25) is 0 Å². The monoisotopic (exact) mass is 464 g/mol. The van der Waals surface area contributed by atoms with E-state index in [1.807, 2.05) is 22.6 Å². The van der Waals surface area contributed by atoms with Gasteiger partial charge >= 0.3 is 0 Å². The molecule has 7 nitrogen and oxygen atoms in total. The number of hydrogen-bond donors (Lipinski definition) is 0. The van der Waals surface area contributed by atoms with Gasteiger partial charge in [-0.1, -0.05) is 0 Å². The molecule has 34 heavy (non-hydrogen) atoms. The van der Waals surface area contributed by atoms with Crippen LogP contribution in [0, 0.1) is 12.8 Å². The van der Waals surface area contributed by atoms with E-state index in [9.17, 15) is 4.79 Å². The molecule has 0 spiro atoms. The average Bonchev–Trinajstić information content (AvgIpc) is 3.48. The Balaban J connectivity index is 1.51. The van der Waals surface area contributed by atoms with Gasteiger partial charge in [-0.3, -0.25) is 14.2 Å². The fourth-order valence-electron chi connectivity index (χ4n) is 5.84. The largest absolute Gasteiger partial charge is 0.490 e. The summed E-state index contributed by atoms with van der Waals surface area (Å²) in [5, 5.41) is 10.5. The summed E-state index contributed by atoms with van der Waals surface area (Å²) >= 11 is 0. The number of hydrogen-bond acceptors (Lipinski definition) is 5. The second-order valence-corrected chi connectivity index (χ2v) is 11.3. The van der Waals surface area contributed by atoms with E-state index < -0.39 is 0 Å². The van der Waals surface area contributed by atoms with Crippen molar-refractivity contribution in [1.82, 2.24) is 19.6 Å². The third kappa shape index (κ3) is 4.04. The highest BCUT2D eigenvalue weighted by atomic mass is 16.5. The molecule has 182 valence electrons. The van der Waals surface area contributed by atoms with Crippen molar-refractivity contribution in [3.8, 4) is 16.9 Å². The van der Waals surface area contributed by atoms with Gasteiger partial charge in [-0.15, -0.1) is 0 Å². The second-order valence-electron chi connectivity index (χ2n) is 11.3. The number of rotatable bonds is 5. The predicted octanol–water partition coefficient (Wildman–Crippen LogP) is 5.40. The molecule has 1 aliphatic carbocycles. The SMILES string of the molecule is Cc1c2c(O[C@H](C)[C@H]3CCC(=O)C3)cc(-c3cnn(C4CC(C)(C)OC4(C)C)c3)cc2nn1C. The molecular weight excluding hydrogens is 428 g/mol.